The minimum absolute atomic E-state index is 0.290. The lowest BCUT2D eigenvalue weighted by Gasteiger charge is -2.33. The number of hydrogen-bond acceptors (Lipinski definition) is 6. The second-order valence-corrected chi connectivity index (χ2v) is 6.06. The van der Waals surface area contributed by atoms with Gasteiger partial charge in [0.2, 0.25) is 5.91 Å². The van der Waals surface area contributed by atoms with Crippen LogP contribution >= 0.6 is 0 Å². The lowest BCUT2D eigenvalue weighted by Crippen LogP contribution is -2.51. The van der Waals surface area contributed by atoms with E-state index in [0.717, 1.165) is 12.8 Å². The van der Waals surface area contributed by atoms with Crippen molar-refractivity contribution >= 4 is 28.8 Å². The molecular formula is C18H18N2O6. The summed E-state index contributed by atoms with van der Waals surface area (Å²) in [5.41, 5.74) is 4.54. The van der Waals surface area contributed by atoms with Gasteiger partial charge in [-0.2, -0.15) is 0 Å². The molecule has 0 radical (unpaired) electrons. The van der Waals surface area contributed by atoms with E-state index >= 15 is 0 Å². The van der Waals surface area contributed by atoms with Crippen molar-refractivity contribution in [3.8, 4) is 0 Å². The van der Waals surface area contributed by atoms with E-state index in [1.807, 2.05) is 0 Å². The Bertz CT molecular complexity index is 919. The van der Waals surface area contributed by atoms with Crippen LogP contribution in [0.5, 0.6) is 0 Å². The van der Waals surface area contributed by atoms with Crippen LogP contribution in [-0.4, -0.2) is 41.9 Å². The highest BCUT2D eigenvalue weighted by Gasteiger charge is 2.31. The number of rotatable bonds is 4. The molecule has 1 aromatic heterocycles. The van der Waals surface area contributed by atoms with Gasteiger partial charge in [-0.05, 0) is 31.4 Å². The summed E-state index contributed by atoms with van der Waals surface area (Å²) in [6.45, 7) is -0.197. The quantitative estimate of drug-likeness (QED) is 0.638. The number of piperidine rings is 1. The topological polar surface area (TPSA) is 120 Å². The number of nitrogens with zero attached hydrogens (tertiary/aromatic N) is 1. The number of nitrogens with two attached hydrogens (primary N) is 1. The summed E-state index contributed by atoms with van der Waals surface area (Å²) < 4.78 is 10.0. The highest BCUT2D eigenvalue weighted by molar-refractivity contribution is 5.94. The van der Waals surface area contributed by atoms with E-state index in [2.05, 4.69) is 0 Å². The molecule has 1 saturated heterocycles. The van der Waals surface area contributed by atoms with Gasteiger partial charge in [-0.15, -0.1) is 0 Å². The molecule has 1 atom stereocenters. The minimum atomic E-state index is -0.953. The normalized spacial score (nSPS) is 17.1. The summed E-state index contributed by atoms with van der Waals surface area (Å²) in [4.78, 5) is 49.2. The lowest BCUT2D eigenvalue weighted by molar-refractivity contribution is -0.143. The van der Waals surface area contributed by atoms with E-state index in [4.69, 9.17) is 14.9 Å². The Kier molecular flexibility index (Phi) is 5.01. The number of likely N-dealkylation sites (tertiary alicyclic amines) is 1. The van der Waals surface area contributed by atoms with E-state index in [1.165, 1.54) is 11.0 Å². The molecule has 1 fully saturated rings. The molecule has 1 aliphatic rings. The third-order valence-corrected chi connectivity index (χ3v) is 4.34. The Balaban J connectivity index is 1.70. The van der Waals surface area contributed by atoms with Crippen LogP contribution in [-0.2, 0) is 14.3 Å². The van der Waals surface area contributed by atoms with Crippen molar-refractivity contribution < 1.29 is 23.5 Å². The lowest BCUT2D eigenvalue weighted by atomic mass is 10.0. The SMILES string of the molecule is NC(=O)[C@H]1CCCCN1C(=O)COC(=O)c1cc2ccccc2oc1=O. The van der Waals surface area contributed by atoms with Crippen LogP contribution in [0, 0.1) is 0 Å². The largest absolute Gasteiger partial charge is 0.452 e. The van der Waals surface area contributed by atoms with Gasteiger partial charge >= 0.3 is 11.6 Å². The molecule has 1 aromatic carbocycles. The molecule has 0 unspecified atom stereocenters. The molecule has 0 bridgehead atoms. The third-order valence-electron chi connectivity index (χ3n) is 4.34. The predicted octanol–water partition coefficient (Wildman–Crippen LogP) is 0.816. The molecule has 0 spiro atoms. The second kappa shape index (κ2) is 7.38. The number of primary amides is 1. The van der Waals surface area contributed by atoms with Gasteiger partial charge in [0.15, 0.2) is 6.61 Å². The Morgan fingerprint density at radius 1 is 1.23 bits per heavy atom. The third kappa shape index (κ3) is 3.58. The first-order valence-corrected chi connectivity index (χ1v) is 8.26. The molecule has 26 heavy (non-hydrogen) atoms. The van der Waals surface area contributed by atoms with Crippen LogP contribution in [0.3, 0.4) is 0 Å². The zero-order valence-electron chi connectivity index (χ0n) is 14.0. The van der Waals surface area contributed by atoms with Gasteiger partial charge in [-0.25, -0.2) is 9.59 Å². The van der Waals surface area contributed by atoms with Crippen molar-refractivity contribution in [1.82, 2.24) is 4.90 Å². The van der Waals surface area contributed by atoms with E-state index in [9.17, 15) is 19.2 Å². The number of esters is 1. The molecule has 2 heterocycles. The number of carbonyl (C=O) groups is 3. The fraction of sp³-hybridized carbons (Fsp3) is 0.333. The number of ether oxygens (including phenoxy) is 1. The highest BCUT2D eigenvalue weighted by atomic mass is 16.5. The Morgan fingerprint density at radius 2 is 2.00 bits per heavy atom. The van der Waals surface area contributed by atoms with Crippen LogP contribution < -0.4 is 11.4 Å². The van der Waals surface area contributed by atoms with Crippen LogP contribution in [0.2, 0.25) is 0 Å². The maximum absolute atomic E-state index is 12.3. The summed E-state index contributed by atoms with van der Waals surface area (Å²) in [5, 5.41) is 0.565. The van der Waals surface area contributed by atoms with Crippen molar-refractivity contribution in [2.45, 2.75) is 25.3 Å². The summed E-state index contributed by atoms with van der Waals surface area (Å²) in [6.07, 6.45) is 2.04. The van der Waals surface area contributed by atoms with Gasteiger partial charge in [0.25, 0.3) is 5.91 Å². The molecule has 2 amide bonds. The molecule has 2 aromatic rings. The molecule has 2 N–H and O–H groups in total. The Labute approximate surface area is 148 Å². The Morgan fingerprint density at radius 3 is 2.77 bits per heavy atom. The number of fused-ring (bicyclic) bond motifs is 1. The smallest absolute Gasteiger partial charge is 0.351 e. The van der Waals surface area contributed by atoms with Crippen LogP contribution in [0.4, 0.5) is 0 Å². The van der Waals surface area contributed by atoms with Crippen molar-refractivity contribution in [3.63, 3.8) is 0 Å². The molecule has 136 valence electrons. The van der Waals surface area contributed by atoms with Gasteiger partial charge in [0.05, 0.1) is 0 Å². The molecule has 8 heteroatoms. The zero-order valence-corrected chi connectivity index (χ0v) is 14.0. The standard InChI is InChI=1S/C18H18N2O6/c19-16(22)13-6-3-4-8-20(13)15(21)10-25-17(23)12-9-11-5-1-2-7-14(11)26-18(12)24/h1-2,5,7,9,13H,3-4,6,8,10H2,(H2,19,22)/t13-/m1/s1. The van der Waals surface area contributed by atoms with E-state index in [0.29, 0.717) is 23.9 Å². The maximum Gasteiger partial charge on any atom is 0.351 e. The van der Waals surface area contributed by atoms with Crippen molar-refractivity contribution in [2.75, 3.05) is 13.2 Å². The van der Waals surface area contributed by atoms with E-state index in [-0.39, 0.29) is 5.56 Å². The first-order chi connectivity index (χ1) is 12.5. The monoisotopic (exact) mass is 358 g/mol. The van der Waals surface area contributed by atoms with E-state index < -0.39 is 36.1 Å². The average Bonchev–Trinajstić information content (AvgIpc) is 2.65. The number of para-hydroxylation sites is 1. The average molecular weight is 358 g/mol. The molecule has 1 aliphatic heterocycles. The summed E-state index contributed by atoms with van der Waals surface area (Å²) in [6, 6.07) is 7.40. The molecule has 8 nitrogen and oxygen atoms in total. The number of amides is 2. The number of benzene rings is 1. The fourth-order valence-corrected chi connectivity index (χ4v) is 3.02. The van der Waals surface area contributed by atoms with Gasteiger partial charge in [-0.3, -0.25) is 9.59 Å². The minimum Gasteiger partial charge on any atom is -0.452 e. The predicted molar refractivity (Wildman–Crippen MR) is 91.3 cm³/mol. The van der Waals surface area contributed by atoms with Gasteiger partial charge < -0.3 is 19.8 Å². The summed E-state index contributed by atoms with van der Waals surface area (Å²) >= 11 is 0. The van der Waals surface area contributed by atoms with Crippen molar-refractivity contribution in [3.05, 3.63) is 46.3 Å². The van der Waals surface area contributed by atoms with Crippen LogP contribution in [0.15, 0.2) is 39.5 Å². The second-order valence-electron chi connectivity index (χ2n) is 6.06. The van der Waals surface area contributed by atoms with Gasteiger partial charge in [-0.1, -0.05) is 18.2 Å². The first-order valence-electron chi connectivity index (χ1n) is 8.26. The molecular weight excluding hydrogens is 340 g/mol. The highest BCUT2D eigenvalue weighted by Crippen LogP contribution is 2.17. The molecule has 3 rings (SSSR count). The molecule has 0 saturated carbocycles. The van der Waals surface area contributed by atoms with Crippen molar-refractivity contribution in [2.24, 2.45) is 5.73 Å². The summed E-state index contributed by atoms with van der Waals surface area (Å²) in [5.74, 6) is -2.06. The van der Waals surface area contributed by atoms with Crippen molar-refractivity contribution in [1.29, 1.82) is 0 Å². The molecule has 0 aliphatic carbocycles. The van der Waals surface area contributed by atoms with Crippen LogP contribution in [0.25, 0.3) is 11.0 Å². The van der Waals surface area contributed by atoms with Gasteiger partial charge in [0.1, 0.15) is 17.2 Å². The maximum atomic E-state index is 12.3. The van der Waals surface area contributed by atoms with Crippen LogP contribution in [0.1, 0.15) is 29.6 Å². The number of hydrogen-bond donors (Lipinski definition) is 1. The first kappa shape index (κ1) is 17.7. The fourth-order valence-electron chi connectivity index (χ4n) is 3.02. The zero-order chi connectivity index (χ0) is 18.7. The van der Waals surface area contributed by atoms with Gasteiger partial charge in [0, 0.05) is 11.9 Å². The van der Waals surface area contributed by atoms with E-state index in [1.54, 1.807) is 24.3 Å². The number of carbonyl (C=O) groups excluding carboxylic acids is 3. The summed E-state index contributed by atoms with van der Waals surface area (Å²) in [7, 11) is 0. The Hall–Kier alpha value is -3.16.